The molecule has 0 atom stereocenters. The van der Waals surface area contributed by atoms with Gasteiger partial charge in [0, 0.05) is 31.4 Å². The van der Waals surface area contributed by atoms with Crippen LogP contribution in [0.25, 0.3) is 0 Å². The van der Waals surface area contributed by atoms with Gasteiger partial charge in [-0.3, -0.25) is 0 Å². The van der Waals surface area contributed by atoms with Crippen molar-refractivity contribution in [3.8, 4) is 0 Å². The van der Waals surface area contributed by atoms with Gasteiger partial charge in [-0.15, -0.1) is 0 Å². The zero-order chi connectivity index (χ0) is 14.7. The summed E-state index contributed by atoms with van der Waals surface area (Å²) in [5.74, 6) is 1.89. The largest absolute Gasteiger partial charge is 0.356 e. The molecule has 0 bridgehead atoms. The Balaban J connectivity index is 1.68. The van der Waals surface area contributed by atoms with Gasteiger partial charge >= 0.3 is 0 Å². The first-order chi connectivity index (χ1) is 10.2. The van der Waals surface area contributed by atoms with Crippen LogP contribution in [-0.2, 0) is 0 Å². The minimum absolute atomic E-state index is 0.669. The highest BCUT2D eigenvalue weighted by atomic mass is 15.2. The zero-order valence-electron chi connectivity index (χ0n) is 13.5. The lowest BCUT2D eigenvalue weighted by molar-refractivity contribution is 0.226. The molecule has 1 aromatic rings. The Kier molecular flexibility index (Phi) is 4.32. The summed E-state index contributed by atoms with van der Waals surface area (Å²) in [4.78, 5) is 11.7. The summed E-state index contributed by atoms with van der Waals surface area (Å²) in [7, 11) is 0. The van der Waals surface area contributed by atoms with Gasteiger partial charge in [-0.1, -0.05) is 19.8 Å². The Labute approximate surface area is 128 Å². The predicted molar refractivity (Wildman–Crippen MR) is 87.9 cm³/mol. The molecule has 2 heterocycles. The van der Waals surface area contributed by atoms with Crippen LogP contribution in [0.2, 0.25) is 0 Å². The van der Waals surface area contributed by atoms with Crippen LogP contribution >= 0.6 is 0 Å². The maximum absolute atomic E-state index is 4.71. The molecule has 0 unspecified atom stereocenters. The molecule has 1 saturated carbocycles. The van der Waals surface area contributed by atoms with Gasteiger partial charge in [-0.2, -0.15) is 4.98 Å². The molecule has 1 saturated heterocycles. The monoisotopic (exact) mass is 288 g/mol. The summed E-state index contributed by atoms with van der Waals surface area (Å²) in [5.41, 5.74) is 1.72. The maximum Gasteiger partial charge on any atom is 0.224 e. The summed E-state index contributed by atoms with van der Waals surface area (Å²) in [6, 6.07) is 2.13. The van der Waals surface area contributed by atoms with E-state index >= 15 is 0 Å². The molecule has 21 heavy (non-hydrogen) atoms. The van der Waals surface area contributed by atoms with Crippen LogP contribution in [-0.4, -0.2) is 29.6 Å². The summed E-state index contributed by atoms with van der Waals surface area (Å²) < 4.78 is 0. The molecule has 1 N–H and O–H groups in total. The Bertz CT molecular complexity index is 470. The quantitative estimate of drug-likeness (QED) is 0.915. The topological polar surface area (TPSA) is 41.1 Å². The van der Waals surface area contributed by atoms with Crippen LogP contribution < -0.4 is 10.2 Å². The summed E-state index contributed by atoms with van der Waals surface area (Å²) in [6.45, 7) is 7.47. The van der Waals surface area contributed by atoms with Gasteiger partial charge in [0.1, 0.15) is 5.82 Å². The zero-order valence-corrected chi connectivity index (χ0v) is 13.5. The van der Waals surface area contributed by atoms with Crippen LogP contribution in [0.1, 0.15) is 57.6 Å². The molecular weight excluding hydrogens is 260 g/mol. The molecule has 1 aromatic heterocycles. The number of aryl methyl sites for hydroxylation is 1. The molecule has 1 aliphatic heterocycles. The number of anilines is 2. The smallest absolute Gasteiger partial charge is 0.224 e. The van der Waals surface area contributed by atoms with Gasteiger partial charge in [0.15, 0.2) is 0 Å². The van der Waals surface area contributed by atoms with Gasteiger partial charge in [0.25, 0.3) is 0 Å². The minimum atomic E-state index is 0.669. The van der Waals surface area contributed by atoms with Crippen LogP contribution in [0.5, 0.6) is 0 Å². The van der Waals surface area contributed by atoms with Gasteiger partial charge < -0.3 is 10.2 Å². The van der Waals surface area contributed by atoms with Crippen molar-refractivity contribution in [2.75, 3.05) is 29.9 Å². The molecule has 4 nitrogen and oxygen atoms in total. The number of hydrogen-bond donors (Lipinski definition) is 1. The third-order valence-electron chi connectivity index (χ3n) is 5.19. The molecule has 1 aliphatic carbocycles. The summed E-state index contributed by atoms with van der Waals surface area (Å²) in [5, 5.41) is 3.31. The standard InChI is InChI=1S/C17H28N4/c1-3-10-18-16-19-14(2)13-15(20-16)21-11-8-17(9-12-21)6-4-5-7-17/h13H,3-12H2,1-2H3,(H,18,19,20). The first-order valence-electron chi connectivity index (χ1n) is 8.55. The van der Waals surface area contributed by atoms with Gasteiger partial charge in [-0.05, 0) is 44.4 Å². The molecule has 4 heteroatoms. The van der Waals surface area contributed by atoms with Crippen LogP contribution in [0.15, 0.2) is 6.07 Å². The Hall–Kier alpha value is -1.32. The summed E-state index contributed by atoms with van der Waals surface area (Å²) in [6.07, 6.45) is 9.57. The first kappa shape index (κ1) is 14.6. The third kappa shape index (κ3) is 3.30. The second kappa shape index (κ2) is 6.20. The molecule has 2 aliphatic rings. The van der Waals surface area contributed by atoms with Gasteiger partial charge in [0.05, 0.1) is 0 Å². The van der Waals surface area contributed by atoms with Crippen molar-refractivity contribution in [2.45, 2.75) is 58.8 Å². The highest BCUT2D eigenvalue weighted by Gasteiger charge is 2.37. The minimum Gasteiger partial charge on any atom is -0.356 e. The fourth-order valence-corrected chi connectivity index (χ4v) is 3.86. The average molecular weight is 288 g/mol. The fraction of sp³-hybridized carbons (Fsp3) is 0.765. The molecule has 3 rings (SSSR count). The highest BCUT2D eigenvalue weighted by Crippen LogP contribution is 2.46. The summed E-state index contributed by atoms with van der Waals surface area (Å²) >= 11 is 0. The molecule has 0 aromatic carbocycles. The van der Waals surface area contributed by atoms with Gasteiger partial charge in [-0.25, -0.2) is 4.98 Å². The molecule has 0 amide bonds. The number of nitrogens with zero attached hydrogens (tertiary/aromatic N) is 3. The maximum atomic E-state index is 4.71. The Morgan fingerprint density at radius 3 is 2.52 bits per heavy atom. The normalized spacial score (nSPS) is 21.0. The number of hydrogen-bond acceptors (Lipinski definition) is 4. The molecular formula is C17H28N4. The number of piperidine rings is 1. The van der Waals surface area contributed by atoms with Crippen LogP contribution in [0.4, 0.5) is 11.8 Å². The van der Waals surface area contributed by atoms with Crippen molar-refractivity contribution in [1.82, 2.24) is 9.97 Å². The Morgan fingerprint density at radius 2 is 1.86 bits per heavy atom. The fourth-order valence-electron chi connectivity index (χ4n) is 3.86. The van der Waals surface area contributed by atoms with E-state index in [1.54, 1.807) is 0 Å². The van der Waals surface area contributed by atoms with Crippen molar-refractivity contribution in [1.29, 1.82) is 0 Å². The predicted octanol–water partition coefficient (Wildman–Crippen LogP) is 3.77. The van der Waals surface area contributed by atoms with Crippen molar-refractivity contribution < 1.29 is 0 Å². The van der Waals surface area contributed by atoms with E-state index in [4.69, 9.17) is 4.98 Å². The highest BCUT2D eigenvalue weighted by molar-refractivity contribution is 5.45. The second-order valence-electron chi connectivity index (χ2n) is 6.81. The first-order valence-corrected chi connectivity index (χ1v) is 8.55. The van der Waals surface area contributed by atoms with Crippen molar-refractivity contribution in [3.05, 3.63) is 11.8 Å². The lowest BCUT2D eigenvalue weighted by atomic mass is 9.77. The van der Waals surface area contributed by atoms with Crippen molar-refractivity contribution in [3.63, 3.8) is 0 Å². The number of aromatic nitrogens is 2. The lowest BCUT2D eigenvalue weighted by Crippen LogP contribution is -2.39. The van der Waals surface area contributed by atoms with Crippen LogP contribution in [0.3, 0.4) is 0 Å². The van der Waals surface area contributed by atoms with E-state index in [0.717, 1.165) is 43.5 Å². The Morgan fingerprint density at radius 1 is 1.14 bits per heavy atom. The SMILES string of the molecule is CCCNc1nc(C)cc(N2CCC3(CCCC3)CC2)n1. The number of nitrogens with one attached hydrogen (secondary N) is 1. The molecule has 1 spiro atoms. The molecule has 116 valence electrons. The van der Waals surface area contributed by atoms with Crippen molar-refractivity contribution in [2.24, 2.45) is 5.41 Å². The lowest BCUT2D eigenvalue weighted by Gasteiger charge is -2.40. The molecule has 0 radical (unpaired) electrons. The number of rotatable bonds is 4. The van der Waals surface area contributed by atoms with Crippen LogP contribution in [0, 0.1) is 12.3 Å². The third-order valence-corrected chi connectivity index (χ3v) is 5.19. The van der Waals surface area contributed by atoms with E-state index in [-0.39, 0.29) is 0 Å². The molecule has 2 fully saturated rings. The second-order valence-corrected chi connectivity index (χ2v) is 6.81. The van der Waals surface area contributed by atoms with E-state index < -0.39 is 0 Å². The van der Waals surface area contributed by atoms with Crippen molar-refractivity contribution >= 4 is 11.8 Å². The average Bonchev–Trinajstić information content (AvgIpc) is 2.93. The van der Waals surface area contributed by atoms with E-state index in [2.05, 4.69) is 35.1 Å². The van der Waals surface area contributed by atoms with E-state index in [0.29, 0.717) is 5.41 Å². The van der Waals surface area contributed by atoms with E-state index in [1.165, 1.54) is 38.5 Å². The van der Waals surface area contributed by atoms with E-state index in [9.17, 15) is 0 Å². The van der Waals surface area contributed by atoms with E-state index in [1.807, 2.05) is 0 Å². The van der Waals surface area contributed by atoms with Gasteiger partial charge in [0.2, 0.25) is 5.95 Å².